The topological polar surface area (TPSA) is 26.3 Å². The fraction of sp³-hybridized carbons (Fsp3) is 0.889. The second-order valence-corrected chi connectivity index (χ2v) is 14.2. The van der Waals surface area contributed by atoms with Gasteiger partial charge in [-0.1, -0.05) is 35.2 Å². The lowest BCUT2D eigenvalue weighted by Gasteiger charge is -2.07. The Balaban J connectivity index is 3.26. The van der Waals surface area contributed by atoms with Crippen LogP contribution in [0.1, 0.15) is 32.6 Å². The van der Waals surface area contributed by atoms with Gasteiger partial charge in [-0.3, -0.25) is 4.79 Å². The molecule has 0 aromatic heterocycles. The first-order valence-electron chi connectivity index (χ1n) is 5.20. The first kappa shape index (κ1) is 17.0. The molecule has 96 valence electrons. The summed E-state index contributed by atoms with van der Waals surface area (Å²) in [6, 6.07) is -1.73. The van der Waals surface area contributed by atoms with Crippen LogP contribution in [0.5, 0.6) is 0 Å². The van der Waals surface area contributed by atoms with E-state index in [-0.39, 0.29) is 10.8 Å². The van der Waals surface area contributed by atoms with Gasteiger partial charge >= 0.3 is 12.0 Å². The summed E-state index contributed by atoms with van der Waals surface area (Å²) in [7, 11) is 0. The minimum absolute atomic E-state index is 0.214. The Morgan fingerprint density at radius 2 is 1.81 bits per heavy atom. The first-order chi connectivity index (χ1) is 7.33. The number of unbranched alkanes of at least 4 members (excludes halogenated alkanes) is 3. The largest absolute Gasteiger partial charge is 0.465 e. The summed E-state index contributed by atoms with van der Waals surface area (Å²) in [4.78, 5) is 10.8. The van der Waals surface area contributed by atoms with Crippen molar-refractivity contribution in [3.8, 4) is 0 Å². The van der Waals surface area contributed by atoms with Gasteiger partial charge in [0.25, 0.3) is 0 Å². The fourth-order valence-electron chi connectivity index (χ4n) is 1.07. The number of hydrogen-bond acceptors (Lipinski definition) is 2. The van der Waals surface area contributed by atoms with E-state index >= 15 is 0 Å². The van der Waals surface area contributed by atoms with Crippen LogP contribution in [0.2, 0.25) is 6.04 Å². The van der Waals surface area contributed by atoms with Crippen molar-refractivity contribution >= 4 is 61.1 Å². The van der Waals surface area contributed by atoms with E-state index in [4.69, 9.17) is 38.0 Å². The monoisotopic (exact) mass is 368 g/mol. The number of rotatable bonds is 8. The predicted molar refractivity (Wildman–Crippen MR) is 75.9 cm³/mol. The zero-order chi connectivity index (χ0) is 12.6. The van der Waals surface area contributed by atoms with E-state index in [1.807, 2.05) is 0 Å². The Bertz CT molecular complexity index is 209. The summed E-state index contributed by atoms with van der Waals surface area (Å²) in [6.07, 6.45) is 3.82. The minimum atomic E-state index is -2.43. The maximum Gasteiger partial charge on any atom is 0.341 e. The van der Waals surface area contributed by atoms with Crippen LogP contribution in [0.3, 0.4) is 0 Å². The van der Waals surface area contributed by atoms with Gasteiger partial charge < -0.3 is 4.74 Å². The van der Waals surface area contributed by atoms with E-state index in [9.17, 15) is 4.79 Å². The lowest BCUT2D eigenvalue weighted by molar-refractivity contribution is -0.142. The highest BCUT2D eigenvalue weighted by Gasteiger charge is 2.23. The number of alkyl halides is 1. The second-order valence-electron chi connectivity index (χ2n) is 3.56. The maximum absolute atomic E-state index is 11.0. The van der Waals surface area contributed by atoms with E-state index in [1.165, 1.54) is 0 Å². The standard InChI is InChI=1S/C9H16BrCl3O2Si/c1-8(10)9(14)15-6-4-2-3-5-7-16(11,12)13/h8H,2-7H2,1H3. The molecule has 1 atom stereocenters. The molecule has 0 aliphatic rings. The Labute approximate surface area is 120 Å². The number of carbonyl (C=O) groups is 1. The molecule has 1 unspecified atom stereocenters. The van der Waals surface area contributed by atoms with Crippen LogP contribution in [0, 0.1) is 0 Å². The van der Waals surface area contributed by atoms with Gasteiger partial charge in [0, 0.05) is 0 Å². The minimum Gasteiger partial charge on any atom is -0.465 e. The third-order valence-electron chi connectivity index (χ3n) is 1.92. The molecule has 2 nitrogen and oxygen atoms in total. The van der Waals surface area contributed by atoms with Gasteiger partial charge in [0.15, 0.2) is 0 Å². The van der Waals surface area contributed by atoms with Gasteiger partial charge in [-0.15, -0.1) is 33.2 Å². The molecule has 16 heavy (non-hydrogen) atoms. The van der Waals surface area contributed by atoms with Crippen molar-refractivity contribution in [2.24, 2.45) is 0 Å². The third kappa shape index (κ3) is 11.5. The summed E-state index contributed by atoms with van der Waals surface area (Å²) >= 11 is 20.4. The number of esters is 1. The van der Waals surface area contributed by atoms with Crippen molar-refractivity contribution in [2.75, 3.05) is 6.61 Å². The number of carbonyl (C=O) groups excluding carboxylic acids is 1. The average Bonchev–Trinajstić information content (AvgIpc) is 2.14. The molecule has 0 aliphatic heterocycles. The van der Waals surface area contributed by atoms with Crippen molar-refractivity contribution in [3.05, 3.63) is 0 Å². The van der Waals surface area contributed by atoms with Crippen molar-refractivity contribution in [3.63, 3.8) is 0 Å². The van der Waals surface area contributed by atoms with Gasteiger partial charge in [-0.05, 0) is 19.4 Å². The summed E-state index contributed by atoms with van der Waals surface area (Å²) < 4.78 is 5.00. The third-order valence-corrected chi connectivity index (χ3v) is 4.92. The van der Waals surface area contributed by atoms with Crippen LogP contribution in [-0.2, 0) is 9.53 Å². The van der Waals surface area contributed by atoms with Crippen molar-refractivity contribution < 1.29 is 9.53 Å². The number of hydrogen-bond donors (Lipinski definition) is 0. The molecule has 0 aliphatic carbocycles. The summed E-state index contributed by atoms with van der Waals surface area (Å²) in [5.41, 5.74) is 0. The Hall–Kier alpha value is 1.04. The van der Waals surface area contributed by atoms with E-state index in [1.54, 1.807) is 6.92 Å². The molecule has 0 aromatic carbocycles. The van der Waals surface area contributed by atoms with Crippen LogP contribution in [-0.4, -0.2) is 23.4 Å². The normalized spacial score (nSPS) is 13.6. The van der Waals surface area contributed by atoms with Gasteiger partial charge in [0.05, 0.1) is 6.61 Å². The second kappa shape index (κ2) is 9.03. The number of ether oxygens (including phenoxy) is 1. The molecule has 0 bridgehead atoms. The molecular formula is C9H16BrCl3O2Si. The van der Waals surface area contributed by atoms with Gasteiger partial charge in [-0.2, -0.15) is 0 Å². The van der Waals surface area contributed by atoms with Gasteiger partial charge in [0.2, 0.25) is 0 Å². The average molecular weight is 371 g/mol. The molecule has 0 saturated heterocycles. The lowest BCUT2D eigenvalue weighted by Crippen LogP contribution is -2.14. The number of halogens is 4. The Kier molecular flexibility index (Phi) is 9.62. The molecule has 0 fully saturated rings. The van der Waals surface area contributed by atoms with Crippen LogP contribution >= 0.6 is 49.2 Å². The summed E-state index contributed by atoms with van der Waals surface area (Å²) in [6.45, 7) is 2.22. The highest BCUT2D eigenvalue weighted by molar-refractivity contribution is 9.10. The molecule has 0 amide bonds. The molecule has 7 heteroatoms. The highest BCUT2D eigenvalue weighted by Crippen LogP contribution is 2.27. The van der Waals surface area contributed by atoms with Crippen LogP contribution in [0.15, 0.2) is 0 Å². The van der Waals surface area contributed by atoms with Crippen LogP contribution in [0.25, 0.3) is 0 Å². The quantitative estimate of drug-likeness (QED) is 0.206. The van der Waals surface area contributed by atoms with E-state index in [0.717, 1.165) is 25.7 Å². The van der Waals surface area contributed by atoms with Crippen molar-refractivity contribution in [1.82, 2.24) is 0 Å². The molecule has 0 heterocycles. The maximum atomic E-state index is 11.0. The first-order valence-corrected chi connectivity index (χ1v) is 11.4. The molecule has 0 spiro atoms. The van der Waals surface area contributed by atoms with E-state index in [0.29, 0.717) is 12.7 Å². The molecule has 0 saturated carbocycles. The lowest BCUT2D eigenvalue weighted by atomic mass is 10.2. The Morgan fingerprint density at radius 3 is 2.31 bits per heavy atom. The molecule has 0 aromatic rings. The predicted octanol–water partition coefficient (Wildman–Crippen LogP) is 4.53. The van der Waals surface area contributed by atoms with Crippen molar-refractivity contribution in [2.45, 2.75) is 43.5 Å². The van der Waals surface area contributed by atoms with E-state index in [2.05, 4.69) is 15.9 Å². The smallest absolute Gasteiger partial charge is 0.341 e. The van der Waals surface area contributed by atoms with Crippen LogP contribution < -0.4 is 0 Å². The molecule has 0 rings (SSSR count). The molecule has 0 N–H and O–H groups in total. The Morgan fingerprint density at radius 1 is 1.25 bits per heavy atom. The summed E-state index contributed by atoms with van der Waals surface area (Å²) in [5, 5.41) is 0. The van der Waals surface area contributed by atoms with Gasteiger partial charge in [-0.25, -0.2) is 0 Å². The zero-order valence-corrected chi connectivity index (χ0v) is 14.0. The molecule has 0 radical (unpaired) electrons. The summed E-state index contributed by atoms with van der Waals surface area (Å²) in [5.74, 6) is -0.214. The van der Waals surface area contributed by atoms with Crippen molar-refractivity contribution in [1.29, 1.82) is 0 Å². The zero-order valence-electron chi connectivity index (χ0n) is 9.15. The van der Waals surface area contributed by atoms with Crippen LogP contribution in [0.4, 0.5) is 0 Å². The van der Waals surface area contributed by atoms with Gasteiger partial charge in [0.1, 0.15) is 4.83 Å². The SMILES string of the molecule is CC(Br)C(=O)OCCCCCC[Si](Cl)(Cl)Cl. The van der Waals surface area contributed by atoms with E-state index < -0.39 is 6.00 Å². The fourth-order valence-corrected chi connectivity index (χ4v) is 3.05. The highest BCUT2D eigenvalue weighted by atomic mass is 79.9. The molecular weight excluding hydrogens is 354 g/mol.